The average molecular weight is 933 g/mol. The van der Waals surface area contributed by atoms with Crippen LogP contribution in [0.2, 0.25) is 5.15 Å². The summed E-state index contributed by atoms with van der Waals surface area (Å²) in [5, 5.41) is 27.0. The Morgan fingerprint density at radius 1 is 0.642 bits per heavy atom. The smallest absolute Gasteiger partial charge is 0.443 e. The minimum Gasteiger partial charge on any atom is -0.443 e. The first-order valence-corrected chi connectivity index (χ1v) is 23.6. The standard InChI is InChI=1S/C18H14N4.C13H16BNO4.C10H8ClN3.6C2H6/c1-2-4-15(5-3-1)21-18-20-11-9-16(22-18)14-7-6-13-8-10-19-17(13)12-14;1-13(2,3)19-12(16)15-7-6-9-4-5-10(14(17)18)8-11(9)15;11-9-6-7-12-10(14-9)13-8-4-2-1-3-5-8;6*1-2/h1-12,19H,(H,20,21,22);4-8,17-18H,1-3H3;1-7H,(H,12,13,14);6*1-2H3. The zero-order chi connectivity index (χ0) is 50.8. The zero-order valence-electron chi connectivity index (χ0n) is 42.3. The van der Waals surface area contributed by atoms with Crippen LogP contribution in [0.15, 0.2) is 146 Å². The predicted octanol–water partition coefficient (Wildman–Crippen LogP) is 14.5. The fourth-order valence-electron chi connectivity index (χ4n) is 5.26. The maximum atomic E-state index is 12.0. The number of halogens is 1. The van der Waals surface area contributed by atoms with Gasteiger partial charge in [-0.3, -0.25) is 4.57 Å². The monoisotopic (exact) mass is 933 g/mol. The van der Waals surface area contributed by atoms with Gasteiger partial charge in [-0.1, -0.05) is 155 Å². The van der Waals surface area contributed by atoms with E-state index in [0.717, 1.165) is 33.5 Å². The molecule has 67 heavy (non-hydrogen) atoms. The number of anilines is 4. The number of nitrogens with one attached hydrogen (secondary N) is 3. The van der Waals surface area contributed by atoms with E-state index in [1.165, 1.54) is 9.95 Å². The molecule has 0 fully saturated rings. The van der Waals surface area contributed by atoms with Gasteiger partial charge in [0.2, 0.25) is 11.9 Å². The molecule has 0 amide bonds. The van der Waals surface area contributed by atoms with Gasteiger partial charge in [0, 0.05) is 52.6 Å². The molecule has 0 bridgehead atoms. The number of nitrogens with zero attached hydrogens (tertiary/aromatic N) is 5. The Morgan fingerprint density at radius 3 is 1.69 bits per heavy atom. The van der Waals surface area contributed by atoms with Crippen LogP contribution in [0.4, 0.5) is 28.1 Å². The number of benzene rings is 4. The third-order valence-corrected chi connectivity index (χ3v) is 8.00. The van der Waals surface area contributed by atoms with Crippen molar-refractivity contribution in [3.8, 4) is 11.3 Å². The molecule has 5 N–H and O–H groups in total. The topological polar surface area (TPSA) is 163 Å². The number of H-pyrrole nitrogens is 1. The van der Waals surface area contributed by atoms with E-state index in [4.69, 9.17) is 26.4 Å². The first-order chi connectivity index (χ1) is 32.5. The Kier molecular flexibility index (Phi) is 31.4. The minimum atomic E-state index is -1.56. The van der Waals surface area contributed by atoms with Crippen molar-refractivity contribution in [3.05, 3.63) is 151 Å². The highest BCUT2D eigenvalue weighted by molar-refractivity contribution is 6.58. The summed E-state index contributed by atoms with van der Waals surface area (Å²) in [7, 11) is -1.56. The van der Waals surface area contributed by atoms with Crippen LogP contribution >= 0.6 is 11.6 Å². The highest BCUT2D eigenvalue weighted by Crippen LogP contribution is 2.24. The lowest BCUT2D eigenvalue weighted by Gasteiger charge is -2.19. The van der Waals surface area contributed by atoms with Crippen LogP contribution in [0, 0.1) is 0 Å². The summed E-state index contributed by atoms with van der Waals surface area (Å²) < 4.78 is 6.64. The molecule has 8 aromatic rings. The van der Waals surface area contributed by atoms with Crippen molar-refractivity contribution in [2.75, 3.05) is 10.6 Å². The Balaban J connectivity index is 0.000000889. The quantitative estimate of drug-likeness (QED) is 0.0801. The zero-order valence-corrected chi connectivity index (χ0v) is 43.0. The maximum Gasteiger partial charge on any atom is 0.488 e. The predicted molar refractivity (Wildman–Crippen MR) is 287 cm³/mol. The van der Waals surface area contributed by atoms with Gasteiger partial charge in [0.25, 0.3) is 0 Å². The number of carbonyl (C=O) groups is 1. The summed E-state index contributed by atoms with van der Waals surface area (Å²) in [6.07, 6.45) is 6.43. The number of aromatic nitrogens is 6. The number of aromatic amines is 1. The van der Waals surface area contributed by atoms with Crippen LogP contribution in [0.5, 0.6) is 0 Å². The van der Waals surface area contributed by atoms with Gasteiger partial charge < -0.3 is 30.4 Å². The van der Waals surface area contributed by atoms with Crippen LogP contribution in [-0.4, -0.2) is 58.3 Å². The largest absolute Gasteiger partial charge is 0.488 e. The van der Waals surface area contributed by atoms with Crippen LogP contribution in [-0.2, 0) is 4.74 Å². The van der Waals surface area contributed by atoms with Gasteiger partial charge in [0.1, 0.15) is 10.8 Å². The van der Waals surface area contributed by atoms with Crippen LogP contribution < -0.4 is 16.1 Å². The molecule has 0 radical (unpaired) electrons. The van der Waals surface area contributed by atoms with Gasteiger partial charge >= 0.3 is 13.2 Å². The molecule has 0 aliphatic heterocycles. The van der Waals surface area contributed by atoms with E-state index in [9.17, 15) is 4.79 Å². The molecular weight excluding hydrogens is 859 g/mol. The summed E-state index contributed by atoms with van der Waals surface area (Å²) in [6, 6.07) is 38.1. The lowest BCUT2D eigenvalue weighted by Crippen LogP contribution is -2.30. The van der Waals surface area contributed by atoms with Crippen LogP contribution in [0.25, 0.3) is 33.1 Å². The molecule has 4 aromatic heterocycles. The first-order valence-electron chi connectivity index (χ1n) is 23.2. The number of para-hydroxylation sites is 2. The molecule has 0 atom stereocenters. The van der Waals surface area contributed by atoms with E-state index in [0.29, 0.717) is 28.0 Å². The third-order valence-electron chi connectivity index (χ3n) is 7.79. The second-order valence-electron chi connectivity index (χ2n) is 13.1. The minimum absolute atomic E-state index is 0.330. The highest BCUT2D eigenvalue weighted by atomic mass is 35.5. The van der Waals surface area contributed by atoms with Crippen molar-refractivity contribution in [2.24, 2.45) is 0 Å². The number of fused-ring (bicyclic) bond motifs is 2. The van der Waals surface area contributed by atoms with E-state index in [1.54, 1.807) is 69.7 Å². The molecule has 0 spiro atoms. The number of carbonyl (C=O) groups excluding carboxylic acids is 1. The maximum absolute atomic E-state index is 12.0. The molecule has 12 nitrogen and oxygen atoms in total. The number of hydrogen-bond donors (Lipinski definition) is 5. The van der Waals surface area contributed by atoms with E-state index in [1.807, 2.05) is 156 Å². The van der Waals surface area contributed by atoms with Gasteiger partial charge in [-0.05, 0) is 92.3 Å². The van der Waals surface area contributed by atoms with Gasteiger partial charge in [0.15, 0.2) is 0 Å². The van der Waals surface area contributed by atoms with Crippen molar-refractivity contribution >= 4 is 75.4 Å². The van der Waals surface area contributed by atoms with Crippen molar-refractivity contribution in [3.63, 3.8) is 0 Å². The van der Waals surface area contributed by atoms with E-state index in [-0.39, 0.29) is 0 Å². The highest BCUT2D eigenvalue weighted by Gasteiger charge is 2.20. The number of ether oxygens (including phenoxy) is 1. The summed E-state index contributed by atoms with van der Waals surface area (Å²) in [5.41, 5.74) is 5.30. The van der Waals surface area contributed by atoms with Gasteiger partial charge in [-0.25, -0.2) is 24.7 Å². The molecule has 0 aliphatic rings. The lowest BCUT2D eigenvalue weighted by molar-refractivity contribution is 0.0544. The molecule has 4 aromatic carbocycles. The number of hydrogen-bond acceptors (Lipinski definition) is 10. The van der Waals surface area contributed by atoms with Crippen molar-refractivity contribution in [1.82, 2.24) is 29.5 Å². The number of rotatable bonds is 6. The summed E-state index contributed by atoms with van der Waals surface area (Å²) in [4.78, 5) is 32.2. The molecule has 4 heterocycles. The Bertz CT molecular complexity index is 2490. The summed E-state index contributed by atoms with van der Waals surface area (Å²) >= 11 is 5.72. The first kappa shape index (κ1) is 60.5. The van der Waals surface area contributed by atoms with Crippen molar-refractivity contribution in [2.45, 2.75) is 109 Å². The second kappa shape index (κ2) is 34.8. The van der Waals surface area contributed by atoms with E-state index < -0.39 is 18.8 Å². The van der Waals surface area contributed by atoms with Gasteiger partial charge in [0.05, 0.1) is 11.2 Å². The van der Waals surface area contributed by atoms with Crippen LogP contribution in [0.1, 0.15) is 104 Å². The second-order valence-corrected chi connectivity index (χ2v) is 13.5. The average Bonchev–Trinajstić information content (AvgIpc) is 4.03. The SMILES string of the molecule is CC.CC.CC.CC.CC.CC.CC(C)(C)OC(=O)n1ccc2ccc(B(O)O)cc21.Clc1ccnc(Nc2ccccc2)n1.c1ccc(Nc2nccc(-c3ccc4cc[nH]c4c3)n2)cc1. The van der Waals surface area contributed by atoms with Gasteiger partial charge in [-0.15, -0.1) is 0 Å². The van der Waals surface area contributed by atoms with E-state index >= 15 is 0 Å². The summed E-state index contributed by atoms with van der Waals surface area (Å²) in [5.74, 6) is 1.10. The van der Waals surface area contributed by atoms with Crippen molar-refractivity contribution in [1.29, 1.82) is 0 Å². The Labute approximate surface area is 405 Å². The lowest BCUT2D eigenvalue weighted by atomic mass is 9.80. The van der Waals surface area contributed by atoms with E-state index in [2.05, 4.69) is 59.8 Å². The fraction of sp³-hybridized carbons (Fsp3) is 0.302. The van der Waals surface area contributed by atoms with Gasteiger partial charge in [-0.2, -0.15) is 0 Å². The van der Waals surface area contributed by atoms with Crippen molar-refractivity contribution < 1.29 is 19.6 Å². The van der Waals surface area contributed by atoms with Crippen LogP contribution in [0.3, 0.4) is 0 Å². The summed E-state index contributed by atoms with van der Waals surface area (Å²) in [6.45, 7) is 29.4. The third kappa shape index (κ3) is 21.5. The normalized spacial score (nSPS) is 9.40. The fourth-order valence-corrected chi connectivity index (χ4v) is 5.40. The molecule has 0 aliphatic carbocycles. The Morgan fingerprint density at radius 2 is 1.16 bits per heavy atom. The molecule has 360 valence electrons. The molecule has 14 heteroatoms. The molecule has 0 unspecified atom stereocenters. The molecule has 0 saturated carbocycles. The molecular formula is C53H74BClN8O4. The Hall–Kier alpha value is -6.54. The molecule has 8 rings (SSSR count). The molecule has 0 saturated heterocycles.